The Kier molecular flexibility index (Phi) is 4.93. The first-order valence-electron chi connectivity index (χ1n) is 7.26. The highest BCUT2D eigenvalue weighted by molar-refractivity contribution is 7.99. The number of hydrogen-bond acceptors (Lipinski definition) is 4. The van der Waals surface area contributed by atoms with Crippen molar-refractivity contribution in [3.8, 4) is 0 Å². The van der Waals surface area contributed by atoms with Crippen LogP contribution in [-0.4, -0.2) is 26.3 Å². The van der Waals surface area contributed by atoms with E-state index in [9.17, 15) is 18.0 Å². The van der Waals surface area contributed by atoms with Gasteiger partial charge < -0.3 is 5.32 Å². The van der Waals surface area contributed by atoms with Crippen molar-refractivity contribution < 1.29 is 18.0 Å². The summed E-state index contributed by atoms with van der Waals surface area (Å²) in [5, 5.41) is 6.03. The number of amides is 1. The number of rotatable bonds is 5. The number of anilines is 1. The molecule has 0 atom stereocenters. The molecule has 0 fully saturated rings. The molecule has 25 heavy (non-hydrogen) atoms. The summed E-state index contributed by atoms with van der Waals surface area (Å²) in [7, 11) is 0. The van der Waals surface area contributed by atoms with E-state index < -0.39 is 11.9 Å². The zero-order valence-corrected chi connectivity index (χ0v) is 13.6. The summed E-state index contributed by atoms with van der Waals surface area (Å²) in [6.07, 6.45) is -1.93. The lowest BCUT2D eigenvalue weighted by Crippen LogP contribution is -2.15. The van der Waals surface area contributed by atoms with Crippen molar-refractivity contribution in [1.29, 1.82) is 0 Å². The first-order valence-corrected chi connectivity index (χ1v) is 8.41. The molecule has 0 aliphatic heterocycles. The minimum atomic E-state index is -4.54. The third kappa shape index (κ3) is 4.50. The number of thioether (sulfide) groups is 1. The van der Waals surface area contributed by atoms with Crippen molar-refractivity contribution in [2.75, 3.05) is 11.1 Å². The number of fused-ring (bicyclic) bond motifs is 1. The fraction of sp³-hybridized carbons (Fsp3) is 0.188. The van der Waals surface area contributed by atoms with Gasteiger partial charge in [-0.25, -0.2) is 9.50 Å². The SMILES string of the molecule is O=C(CSCc1ccccc1)Nc1cnc2cc(C(F)(F)F)nn2c1. The predicted octanol–water partition coefficient (Wildman–Crippen LogP) is 3.62. The van der Waals surface area contributed by atoms with Crippen molar-refractivity contribution >= 4 is 29.0 Å². The maximum atomic E-state index is 12.6. The summed E-state index contributed by atoms with van der Waals surface area (Å²) in [5.74, 6) is 0.657. The van der Waals surface area contributed by atoms with Crippen LogP contribution in [0.15, 0.2) is 48.8 Å². The first kappa shape index (κ1) is 17.3. The van der Waals surface area contributed by atoms with Crippen LogP contribution < -0.4 is 5.32 Å². The molecular weight excluding hydrogens is 353 g/mol. The second kappa shape index (κ2) is 7.14. The van der Waals surface area contributed by atoms with E-state index in [0.717, 1.165) is 16.1 Å². The van der Waals surface area contributed by atoms with Gasteiger partial charge in [0.05, 0.1) is 23.8 Å². The molecule has 9 heteroatoms. The largest absolute Gasteiger partial charge is 0.435 e. The summed E-state index contributed by atoms with van der Waals surface area (Å²) >= 11 is 1.44. The second-order valence-electron chi connectivity index (χ2n) is 5.20. The van der Waals surface area contributed by atoms with Crippen LogP contribution >= 0.6 is 11.8 Å². The van der Waals surface area contributed by atoms with Gasteiger partial charge in [-0.1, -0.05) is 30.3 Å². The predicted molar refractivity (Wildman–Crippen MR) is 89.2 cm³/mol. The summed E-state index contributed by atoms with van der Waals surface area (Å²) in [5.41, 5.74) is 0.430. The fourth-order valence-electron chi connectivity index (χ4n) is 2.11. The summed E-state index contributed by atoms with van der Waals surface area (Å²) < 4.78 is 38.9. The number of carbonyl (C=O) groups excluding carboxylic acids is 1. The van der Waals surface area contributed by atoms with Crippen LogP contribution in [0.3, 0.4) is 0 Å². The van der Waals surface area contributed by atoms with Gasteiger partial charge in [0, 0.05) is 11.8 Å². The lowest BCUT2D eigenvalue weighted by Gasteiger charge is -2.05. The first-order chi connectivity index (χ1) is 11.9. The van der Waals surface area contributed by atoms with Crippen molar-refractivity contribution in [2.24, 2.45) is 0 Å². The molecule has 130 valence electrons. The normalized spacial score (nSPS) is 11.6. The molecule has 0 unspecified atom stereocenters. The van der Waals surface area contributed by atoms with E-state index in [0.29, 0.717) is 5.75 Å². The molecule has 0 aliphatic carbocycles. The number of halogens is 3. The Hall–Kier alpha value is -2.55. The van der Waals surface area contributed by atoms with E-state index >= 15 is 0 Å². The third-order valence-corrected chi connectivity index (χ3v) is 4.24. The summed E-state index contributed by atoms with van der Waals surface area (Å²) in [6, 6.07) is 10.6. The zero-order chi connectivity index (χ0) is 17.9. The topological polar surface area (TPSA) is 59.3 Å². The minimum absolute atomic E-state index is 0.0591. The smallest absolute Gasteiger partial charge is 0.323 e. The molecule has 1 amide bonds. The van der Waals surface area contributed by atoms with Crippen LogP contribution in [0.1, 0.15) is 11.3 Å². The van der Waals surface area contributed by atoms with Crippen molar-refractivity contribution in [3.63, 3.8) is 0 Å². The Balaban J connectivity index is 1.59. The van der Waals surface area contributed by atoms with Gasteiger partial charge in [0.2, 0.25) is 5.91 Å². The molecule has 0 radical (unpaired) electrons. The fourth-order valence-corrected chi connectivity index (χ4v) is 2.90. The van der Waals surface area contributed by atoms with Crippen LogP contribution in [-0.2, 0) is 16.7 Å². The van der Waals surface area contributed by atoms with E-state index in [-0.39, 0.29) is 23.0 Å². The zero-order valence-electron chi connectivity index (χ0n) is 12.8. The lowest BCUT2D eigenvalue weighted by atomic mass is 10.2. The Bertz CT molecular complexity index is 880. The highest BCUT2D eigenvalue weighted by atomic mass is 32.2. The molecule has 0 spiro atoms. The van der Waals surface area contributed by atoms with E-state index in [2.05, 4.69) is 15.4 Å². The second-order valence-corrected chi connectivity index (χ2v) is 6.18. The van der Waals surface area contributed by atoms with Gasteiger partial charge >= 0.3 is 6.18 Å². The third-order valence-electron chi connectivity index (χ3n) is 3.23. The molecule has 0 saturated heterocycles. The van der Waals surface area contributed by atoms with E-state index in [1.807, 2.05) is 30.3 Å². The lowest BCUT2D eigenvalue weighted by molar-refractivity contribution is -0.141. The average Bonchev–Trinajstić information content (AvgIpc) is 2.99. The molecule has 3 rings (SSSR count). The number of aromatic nitrogens is 3. The number of carbonyl (C=O) groups is 1. The Labute approximate surface area is 145 Å². The summed E-state index contributed by atoms with van der Waals surface area (Å²) in [4.78, 5) is 15.8. The average molecular weight is 366 g/mol. The van der Waals surface area contributed by atoms with Gasteiger partial charge in [0.25, 0.3) is 0 Å². The van der Waals surface area contributed by atoms with E-state index in [4.69, 9.17) is 0 Å². The molecule has 5 nitrogen and oxygen atoms in total. The standard InChI is InChI=1S/C16H13F3N4OS/c17-16(18,19)13-6-14-20-7-12(8-23(14)22-13)21-15(24)10-25-9-11-4-2-1-3-5-11/h1-8H,9-10H2,(H,21,24). The quantitative estimate of drug-likeness (QED) is 0.749. The highest BCUT2D eigenvalue weighted by Crippen LogP contribution is 2.28. The van der Waals surface area contributed by atoms with Crippen molar-refractivity contribution in [2.45, 2.75) is 11.9 Å². The molecule has 1 N–H and O–H groups in total. The number of benzene rings is 1. The number of nitrogens with one attached hydrogen (secondary N) is 1. The molecule has 2 aromatic heterocycles. The van der Waals surface area contributed by atoms with Crippen LogP contribution in [0.5, 0.6) is 0 Å². The molecule has 1 aromatic carbocycles. The number of nitrogens with zero attached hydrogens (tertiary/aromatic N) is 3. The molecule has 0 aliphatic rings. The van der Waals surface area contributed by atoms with Crippen LogP contribution in [0, 0.1) is 0 Å². The summed E-state index contributed by atoms with van der Waals surface area (Å²) in [6.45, 7) is 0. The van der Waals surface area contributed by atoms with Crippen LogP contribution in [0.2, 0.25) is 0 Å². The molecule has 2 heterocycles. The van der Waals surface area contributed by atoms with Gasteiger partial charge in [0.1, 0.15) is 0 Å². The van der Waals surface area contributed by atoms with Crippen LogP contribution in [0.4, 0.5) is 18.9 Å². The Morgan fingerprint density at radius 3 is 2.72 bits per heavy atom. The Morgan fingerprint density at radius 2 is 2.00 bits per heavy atom. The monoisotopic (exact) mass is 366 g/mol. The molecule has 0 bridgehead atoms. The van der Waals surface area contributed by atoms with Gasteiger partial charge in [0.15, 0.2) is 11.3 Å². The maximum Gasteiger partial charge on any atom is 0.435 e. The van der Waals surface area contributed by atoms with Crippen molar-refractivity contribution in [3.05, 3.63) is 60.0 Å². The maximum absolute atomic E-state index is 12.6. The highest BCUT2D eigenvalue weighted by Gasteiger charge is 2.34. The van der Waals surface area contributed by atoms with E-state index in [1.165, 1.54) is 24.2 Å². The number of hydrogen-bond donors (Lipinski definition) is 1. The van der Waals surface area contributed by atoms with Gasteiger partial charge in [-0.15, -0.1) is 11.8 Å². The molecule has 0 saturated carbocycles. The molecule has 3 aromatic rings. The van der Waals surface area contributed by atoms with E-state index in [1.54, 1.807) is 0 Å². The van der Waals surface area contributed by atoms with Gasteiger partial charge in [-0.2, -0.15) is 18.3 Å². The number of alkyl halides is 3. The minimum Gasteiger partial charge on any atom is -0.323 e. The Morgan fingerprint density at radius 1 is 1.24 bits per heavy atom. The van der Waals surface area contributed by atoms with Gasteiger partial charge in [-0.05, 0) is 5.56 Å². The van der Waals surface area contributed by atoms with Crippen molar-refractivity contribution in [1.82, 2.24) is 14.6 Å². The van der Waals surface area contributed by atoms with Crippen LogP contribution in [0.25, 0.3) is 5.65 Å². The van der Waals surface area contributed by atoms with Gasteiger partial charge in [-0.3, -0.25) is 4.79 Å². The molecular formula is C16H13F3N4OS.